The first kappa shape index (κ1) is 19.2. The molecule has 0 saturated heterocycles. The van der Waals surface area contributed by atoms with Gasteiger partial charge < -0.3 is 4.74 Å². The molecule has 5 rings (SSSR count). The fraction of sp³-hybridized carbons (Fsp3) is 0.650. The van der Waals surface area contributed by atoms with Crippen molar-refractivity contribution in [2.45, 2.75) is 55.2 Å². The molecule has 27 heavy (non-hydrogen) atoms. The lowest BCUT2D eigenvalue weighted by Crippen LogP contribution is -2.57. The van der Waals surface area contributed by atoms with Gasteiger partial charge in [0.25, 0.3) is 0 Å². The minimum Gasteiger partial charge on any atom is -0.425 e. The highest BCUT2D eigenvalue weighted by Crippen LogP contribution is 2.64. The molecule has 4 aliphatic rings. The summed E-state index contributed by atoms with van der Waals surface area (Å²) in [5.41, 5.74) is 0.223. The maximum atomic E-state index is 13.3. The van der Waals surface area contributed by atoms with Crippen molar-refractivity contribution in [2.75, 3.05) is 14.1 Å². The molecule has 0 spiro atoms. The predicted octanol–water partition coefficient (Wildman–Crippen LogP) is 3.73. The van der Waals surface area contributed by atoms with E-state index in [9.17, 15) is 13.2 Å². The monoisotopic (exact) mass is 411 g/mol. The Kier molecular flexibility index (Phi) is 4.41. The lowest BCUT2D eigenvalue weighted by molar-refractivity contribution is -0.160. The van der Waals surface area contributed by atoms with Crippen LogP contribution in [0.2, 0.25) is 0 Å². The van der Waals surface area contributed by atoms with Crippen LogP contribution in [0, 0.1) is 24.2 Å². The Bertz CT molecular complexity index is 881. The van der Waals surface area contributed by atoms with Crippen molar-refractivity contribution in [1.82, 2.24) is 4.31 Å². The second kappa shape index (κ2) is 6.19. The van der Waals surface area contributed by atoms with Crippen molar-refractivity contribution in [1.29, 1.82) is 0 Å². The van der Waals surface area contributed by atoms with E-state index in [1.54, 1.807) is 18.2 Å². The highest BCUT2D eigenvalue weighted by molar-refractivity contribution is 7.89. The van der Waals surface area contributed by atoms with Crippen molar-refractivity contribution in [3.05, 3.63) is 23.8 Å². The summed E-state index contributed by atoms with van der Waals surface area (Å²) in [6, 6.07) is 4.90. The molecule has 4 aliphatic carbocycles. The molecule has 0 N–H and O–H groups in total. The minimum absolute atomic E-state index is 0.0335. The summed E-state index contributed by atoms with van der Waals surface area (Å²) < 4.78 is 32.3. The van der Waals surface area contributed by atoms with Crippen molar-refractivity contribution in [2.24, 2.45) is 17.3 Å². The molecule has 2 atom stereocenters. The summed E-state index contributed by atoms with van der Waals surface area (Å²) in [5.74, 6) is 0.734. The van der Waals surface area contributed by atoms with Crippen LogP contribution < -0.4 is 4.74 Å². The number of esters is 1. The van der Waals surface area contributed by atoms with Gasteiger partial charge in [0.2, 0.25) is 10.0 Å². The van der Waals surface area contributed by atoms with Crippen LogP contribution >= 0.6 is 11.6 Å². The van der Waals surface area contributed by atoms with Crippen LogP contribution in [0.15, 0.2) is 23.1 Å². The first-order valence-corrected chi connectivity index (χ1v) is 11.3. The molecule has 1 aromatic carbocycles. The summed E-state index contributed by atoms with van der Waals surface area (Å²) in [4.78, 5) is 13.0. The number of hydrogen-bond acceptors (Lipinski definition) is 4. The Labute approximate surface area is 166 Å². The molecule has 7 heteroatoms. The van der Waals surface area contributed by atoms with Crippen molar-refractivity contribution >= 4 is 27.6 Å². The first-order valence-electron chi connectivity index (χ1n) is 9.47. The van der Waals surface area contributed by atoms with E-state index in [4.69, 9.17) is 16.3 Å². The second-order valence-corrected chi connectivity index (χ2v) is 11.9. The number of alkyl halides is 1. The van der Waals surface area contributed by atoms with Gasteiger partial charge in [-0.05, 0) is 75.0 Å². The third kappa shape index (κ3) is 3.19. The summed E-state index contributed by atoms with van der Waals surface area (Å²) in [6.07, 6.45) is 5.34. The Balaban J connectivity index is 1.67. The average molecular weight is 412 g/mol. The quantitative estimate of drug-likeness (QED) is 0.430. The molecule has 148 valence electrons. The molecule has 2 unspecified atom stereocenters. The molecule has 0 heterocycles. The summed E-state index contributed by atoms with van der Waals surface area (Å²) in [6.45, 7) is 1.82. The van der Waals surface area contributed by atoms with Gasteiger partial charge in [0, 0.05) is 19.0 Å². The number of nitrogens with zero attached hydrogens (tertiary/aromatic N) is 1. The number of halogens is 1. The van der Waals surface area contributed by atoms with Crippen LogP contribution in [-0.2, 0) is 14.8 Å². The van der Waals surface area contributed by atoms with E-state index in [1.807, 2.05) is 6.92 Å². The van der Waals surface area contributed by atoms with Gasteiger partial charge in [0.15, 0.2) is 5.75 Å². The van der Waals surface area contributed by atoms with Gasteiger partial charge in [-0.3, -0.25) is 4.79 Å². The number of sulfonamides is 1. The molecule has 0 aliphatic heterocycles. The van der Waals surface area contributed by atoms with Crippen molar-refractivity contribution in [3.8, 4) is 5.75 Å². The Morgan fingerprint density at radius 3 is 2.37 bits per heavy atom. The molecule has 4 bridgehead atoms. The van der Waals surface area contributed by atoms with Gasteiger partial charge in [0.05, 0.1) is 5.41 Å². The van der Waals surface area contributed by atoms with Gasteiger partial charge in [-0.15, -0.1) is 11.6 Å². The van der Waals surface area contributed by atoms with Crippen LogP contribution in [0.5, 0.6) is 5.75 Å². The maximum absolute atomic E-state index is 13.3. The lowest BCUT2D eigenvalue weighted by atomic mass is 9.49. The van der Waals surface area contributed by atoms with Crippen molar-refractivity contribution in [3.63, 3.8) is 0 Å². The number of ether oxygens (including phenoxy) is 1. The molecule has 1 aromatic rings. The largest absolute Gasteiger partial charge is 0.425 e. The van der Waals surface area contributed by atoms with E-state index in [0.29, 0.717) is 18.3 Å². The fourth-order valence-electron chi connectivity index (χ4n) is 5.70. The fourth-order valence-corrected chi connectivity index (χ4v) is 7.48. The highest BCUT2D eigenvalue weighted by atomic mass is 35.5. The third-order valence-electron chi connectivity index (χ3n) is 6.48. The minimum atomic E-state index is -3.71. The van der Waals surface area contributed by atoms with E-state index in [-0.39, 0.29) is 21.5 Å². The SMILES string of the molecule is Cc1ccc(OC(=O)C23CC4CC(CC(Cl)(C4)C2)C3)c(S(=O)(=O)N(C)C)c1. The number of aryl methyl sites for hydroxylation is 1. The number of hydrogen-bond donors (Lipinski definition) is 0. The zero-order valence-corrected chi connectivity index (χ0v) is 17.6. The molecule has 0 aromatic heterocycles. The Morgan fingerprint density at radius 2 is 1.81 bits per heavy atom. The molecule has 4 fully saturated rings. The van der Waals surface area contributed by atoms with Gasteiger partial charge in [-0.25, -0.2) is 12.7 Å². The van der Waals surface area contributed by atoms with Gasteiger partial charge in [-0.2, -0.15) is 0 Å². The molecular weight excluding hydrogens is 386 g/mol. The molecule has 0 radical (unpaired) electrons. The van der Waals surface area contributed by atoms with E-state index < -0.39 is 15.4 Å². The third-order valence-corrected chi connectivity index (χ3v) is 8.76. The summed E-state index contributed by atoms with van der Waals surface area (Å²) >= 11 is 6.82. The smallest absolute Gasteiger partial charge is 0.317 e. The molecule has 0 amide bonds. The topological polar surface area (TPSA) is 63.7 Å². The van der Waals surface area contributed by atoms with E-state index in [0.717, 1.165) is 42.0 Å². The van der Waals surface area contributed by atoms with E-state index in [2.05, 4.69) is 0 Å². The van der Waals surface area contributed by atoms with Crippen LogP contribution in [0.4, 0.5) is 0 Å². The molecule has 4 saturated carbocycles. The van der Waals surface area contributed by atoms with Crippen LogP contribution in [0.25, 0.3) is 0 Å². The van der Waals surface area contributed by atoms with E-state index in [1.165, 1.54) is 14.1 Å². The number of carbonyl (C=O) groups is 1. The summed E-state index contributed by atoms with van der Waals surface area (Å²) in [5, 5.41) is 0. The van der Waals surface area contributed by atoms with Crippen LogP contribution in [0.1, 0.15) is 44.1 Å². The lowest BCUT2D eigenvalue weighted by Gasteiger charge is -2.58. The van der Waals surface area contributed by atoms with Gasteiger partial charge >= 0.3 is 5.97 Å². The highest BCUT2D eigenvalue weighted by Gasteiger charge is 2.61. The number of benzene rings is 1. The van der Waals surface area contributed by atoms with Crippen LogP contribution in [0.3, 0.4) is 0 Å². The van der Waals surface area contributed by atoms with E-state index >= 15 is 0 Å². The summed E-state index contributed by atoms with van der Waals surface area (Å²) in [7, 11) is -0.770. The normalized spacial score (nSPS) is 34.9. The average Bonchev–Trinajstić information content (AvgIpc) is 2.53. The Morgan fingerprint density at radius 1 is 1.19 bits per heavy atom. The predicted molar refractivity (Wildman–Crippen MR) is 103 cm³/mol. The zero-order chi connectivity index (χ0) is 19.6. The zero-order valence-electron chi connectivity index (χ0n) is 16.0. The number of rotatable bonds is 4. The first-order chi connectivity index (χ1) is 12.5. The molecule has 5 nitrogen and oxygen atoms in total. The van der Waals surface area contributed by atoms with Crippen LogP contribution in [-0.4, -0.2) is 37.7 Å². The maximum Gasteiger partial charge on any atom is 0.317 e. The van der Waals surface area contributed by atoms with Crippen molar-refractivity contribution < 1.29 is 17.9 Å². The number of carbonyl (C=O) groups excluding carboxylic acids is 1. The molecular formula is C20H26ClNO4S. The van der Waals surface area contributed by atoms with Gasteiger partial charge in [-0.1, -0.05) is 6.07 Å². The van der Waals surface area contributed by atoms with Gasteiger partial charge in [0.1, 0.15) is 4.90 Å². The second-order valence-electron chi connectivity index (χ2n) is 9.02. The Hall–Kier alpha value is -1.11. The standard InChI is InChI=1S/C20H26ClNO4S/c1-13-4-5-16(17(6-13)27(24,25)22(2)3)26-18(23)19-8-14-7-15(9-19)11-20(21,10-14)12-19/h4-6,14-15H,7-12H2,1-3H3.